The number of aromatic hydroxyl groups is 1. The maximum absolute atomic E-state index is 11.0. The Morgan fingerprint density at radius 1 is 0.917 bits per heavy atom. The number of hydrogen-bond acceptors (Lipinski definition) is 4. The van der Waals surface area contributed by atoms with Gasteiger partial charge in [-0.2, -0.15) is 8.42 Å². The highest BCUT2D eigenvalue weighted by atomic mass is 32.2. The van der Waals surface area contributed by atoms with Crippen molar-refractivity contribution in [1.82, 2.24) is 0 Å². The van der Waals surface area contributed by atoms with Gasteiger partial charge in [0.15, 0.2) is 0 Å². The van der Waals surface area contributed by atoms with Gasteiger partial charge in [-0.25, -0.2) is 0 Å². The highest BCUT2D eigenvalue weighted by Gasteiger charge is 2.13. The zero-order chi connectivity index (χ0) is 17.7. The molecule has 1 amide bonds. The van der Waals surface area contributed by atoms with Crippen molar-refractivity contribution in [3.63, 3.8) is 0 Å². The van der Waals surface area contributed by atoms with Crippen LogP contribution in [-0.4, -0.2) is 24.0 Å². The molecule has 3 aromatic carbocycles. The SMILES string of the molecule is NC(=O)c1ccccc1.O=S(=O)(O)c1cccc2ccc(O)cc12. The van der Waals surface area contributed by atoms with Gasteiger partial charge in [0, 0.05) is 10.9 Å². The first kappa shape index (κ1) is 17.5. The first-order valence-electron chi connectivity index (χ1n) is 6.83. The molecular weight excluding hydrogens is 330 g/mol. The molecule has 0 aromatic heterocycles. The summed E-state index contributed by atoms with van der Waals surface area (Å²) in [7, 11) is -4.26. The van der Waals surface area contributed by atoms with Crippen LogP contribution in [0.2, 0.25) is 0 Å². The number of primary amides is 1. The third-order valence-corrected chi connectivity index (χ3v) is 4.07. The van der Waals surface area contributed by atoms with Crippen LogP contribution in [0.15, 0.2) is 71.6 Å². The van der Waals surface area contributed by atoms with Crippen molar-refractivity contribution in [1.29, 1.82) is 0 Å². The Kier molecular flexibility index (Phi) is 5.18. The molecule has 0 radical (unpaired) electrons. The second-order valence-electron chi connectivity index (χ2n) is 4.87. The van der Waals surface area contributed by atoms with Gasteiger partial charge in [0.25, 0.3) is 10.1 Å². The van der Waals surface area contributed by atoms with Crippen molar-refractivity contribution in [2.75, 3.05) is 0 Å². The number of hydrogen-bond donors (Lipinski definition) is 3. The van der Waals surface area contributed by atoms with Crippen molar-refractivity contribution in [3.8, 4) is 5.75 Å². The van der Waals surface area contributed by atoms with Gasteiger partial charge in [-0.3, -0.25) is 9.35 Å². The number of carbonyl (C=O) groups is 1. The Balaban J connectivity index is 0.000000198. The summed E-state index contributed by atoms with van der Waals surface area (Å²) < 4.78 is 31.0. The fourth-order valence-corrected chi connectivity index (χ4v) is 2.76. The van der Waals surface area contributed by atoms with Crippen LogP contribution in [0, 0.1) is 0 Å². The van der Waals surface area contributed by atoms with E-state index in [0.717, 1.165) is 0 Å². The van der Waals surface area contributed by atoms with Crippen LogP contribution in [0.5, 0.6) is 5.75 Å². The second kappa shape index (κ2) is 7.12. The highest BCUT2D eigenvalue weighted by molar-refractivity contribution is 7.86. The number of nitrogens with two attached hydrogens (primary N) is 1. The fraction of sp³-hybridized carbons (Fsp3) is 0. The zero-order valence-electron chi connectivity index (χ0n) is 12.5. The van der Waals surface area contributed by atoms with E-state index in [4.69, 9.17) is 10.3 Å². The van der Waals surface area contributed by atoms with Gasteiger partial charge in [0.1, 0.15) is 10.6 Å². The van der Waals surface area contributed by atoms with E-state index >= 15 is 0 Å². The molecule has 4 N–H and O–H groups in total. The molecule has 0 atom stereocenters. The van der Waals surface area contributed by atoms with E-state index in [1.165, 1.54) is 24.3 Å². The molecule has 24 heavy (non-hydrogen) atoms. The monoisotopic (exact) mass is 345 g/mol. The molecule has 3 aromatic rings. The molecule has 124 valence electrons. The summed E-state index contributed by atoms with van der Waals surface area (Å²) in [5.41, 5.74) is 5.53. The van der Waals surface area contributed by atoms with Crippen LogP contribution in [0.4, 0.5) is 0 Å². The molecule has 3 rings (SSSR count). The lowest BCUT2D eigenvalue weighted by Gasteiger charge is -2.03. The minimum absolute atomic E-state index is 0.0430. The molecule has 0 aliphatic rings. The highest BCUT2D eigenvalue weighted by Crippen LogP contribution is 2.26. The summed E-state index contributed by atoms with van der Waals surface area (Å²) in [4.78, 5) is 10.2. The van der Waals surface area contributed by atoms with Gasteiger partial charge in [-0.1, -0.05) is 36.4 Å². The van der Waals surface area contributed by atoms with E-state index in [1.807, 2.05) is 6.07 Å². The van der Waals surface area contributed by atoms with Crippen molar-refractivity contribution in [2.24, 2.45) is 5.73 Å². The average molecular weight is 345 g/mol. The molecule has 0 heterocycles. The molecule has 0 bridgehead atoms. The van der Waals surface area contributed by atoms with Crippen molar-refractivity contribution in [2.45, 2.75) is 4.90 Å². The predicted molar refractivity (Wildman–Crippen MR) is 90.4 cm³/mol. The molecule has 0 unspecified atom stereocenters. The van der Waals surface area contributed by atoms with Crippen molar-refractivity contribution < 1.29 is 22.9 Å². The Morgan fingerprint density at radius 3 is 2.12 bits per heavy atom. The molecular formula is C17H15NO5S. The normalized spacial score (nSPS) is 10.7. The number of phenols is 1. The van der Waals surface area contributed by atoms with Crippen LogP contribution >= 0.6 is 0 Å². The van der Waals surface area contributed by atoms with Crippen LogP contribution < -0.4 is 5.73 Å². The van der Waals surface area contributed by atoms with Crippen molar-refractivity contribution >= 4 is 26.8 Å². The van der Waals surface area contributed by atoms with E-state index in [1.54, 1.807) is 36.4 Å². The summed E-state index contributed by atoms with van der Waals surface area (Å²) >= 11 is 0. The fourth-order valence-electron chi connectivity index (χ4n) is 2.06. The molecule has 7 heteroatoms. The number of amides is 1. The van der Waals surface area contributed by atoms with Gasteiger partial charge in [0.05, 0.1) is 0 Å². The first-order valence-corrected chi connectivity index (χ1v) is 8.27. The molecule has 0 aliphatic heterocycles. The van der Waals surface area contributed by atoms with Crippen LogP contribution in [0.3, 0.4) is 0 Å². The smallest absolute Gasteiger partial charge is 0.295 e. The average Bonchev–Trinajstić information content (AvgIpc) is 2.54. The second-order valence-corrected chi connectivity index (χ2v) is 6.26. The van der Waals surface area contributed by atoms with E-state index in [-0.39, 0.29) is 16.6 Å². The van der Waals surface area contributed by atoms with E-state index in [9.17, 15) is 18.3 Å². The Labute approximate surface area is 138 Å². The minimum atomic E-state index is -4.26. The summed E-state index contributed by atoms with van der Waals surface area (Å²) in [5.74, 6) is -0.422. The van der Waals surface area contributed by atoms with Gasteiger partial charge in [-0.15, -0.1) is 0 Å². The minimum Gasteiger partial charge on any atom is -0.508 e. The quantitative estimate of drug-likeness (QED) is 0.617. The van der Waals surface area contributed by atoms with Crippen LogP contribution in [0.1, 0.15) is 10.4 Å². The number of benzene rings is 3. The number of phenolic OH excluding ortho intramolecular Hbond substituents is 1. The molecule has 6 nitrogen and oxygen atoms in total. The largest absolute Gasteiger partial charge is 0.508 e. The third kappa shape index (κ3) is 4.31. The Morgan fingerprint density at radius 2 is 1.58 bits per heavy atom. The summed E-state index contributed by atoms with van der Waals surface area (Å²) in [6.45, 7) is 0. The van der Waals surface area contributed by atoms with Crippen molar-refractivity contribution in [3.05, 3.63) is 72.3 Å². The molecule has 0 spiro atoms. The van der Waals surface area contributed by atoms with Crippen LogP contribution in [0.25, 0.3) is 10.8 Å². The maximum atomic E-state index is 11.0. The van der Waals surface area contributed by atoms with Gasteiger partial charge >= 0.3 is 0 Å². The molecule has 0 aliphatic carbocycles. The standard InChI is InChI=1S/C10H8O4S.C7H7NO/c11-8-5-4-7-2-1-3-10(9(7)6-8)15(12,13)14;8-7(9)6-4-2-1-3-5-6/h1-6,11H,(H,12,13,14);1-5H,(H2,8,9). The third-order valence-electron chi connectivity index (χ3n) is 3.16. The molecule has 0 saturated heterocycles. The predicted octanol–water partition coefficient (Wildman–Crippen LogP) is 2.58. The summed E-state index contributed by atoms with van der Waals surface area (Å²) in [5, 5.41) is 10.2. The molecule has 0 fully saturated rings. The maximum Gasteiger partial charge on any atom is 0.295 e. The topological polar surface area (TPSA) is 118 Å². The van der Waals surface area contributed by atoms with E-state index in [0.29, 0.717) is 16.3 Å². The lowest BCUT2D eigenvalue weighted by Crippen LogP contribution is -2.09. The number of fused-ring (bicyclic) bond motifs is 1. The van der Waals surface area contributed by atoms with Gasteiger partial charge in [0.2, 0.25) is 5.91 Å². The zero-order valence-corrected chi connectivity index (χ0v) is 13.3. The Hall–Kier alpha value is -2.90. The Bertz CT molecular complexity index is 969. The summed E-state index contributed by atoms with van der Waals surface area (Å²) in [6.07, 6.45) is 0. The van der Waals surface area contributed by atoms with Crippen LogP contribution in [-0.2, 0) is 10.1 Å². The number of carbonyl (C=O) groups excluding carboxylic acids is 1. The first-order chi connectivity index (χ1) is 11.3. The van der Waals surface area contributed by atoms with E-state index < -0.39 is 10.1 Å². The molecule has 0 saturated carbocycles. The van der Waals surface area contributed by atoms with Gasteiger partial charge < -0.3 is 10.8 Å². The number of rotatable bonds is 2. The van der Waals surface area contributed by atoms with Gasteiger partial charge in [-0.05, 0) is 35.7 Å². The summed E-state index contributed by atoms with van der Waals surface area (Å²) in [6, 6.07) is 17.6. The lowest BCUT2D eigenvalue weighted by molar-refractivity contribution is 0.1000. The lowest BCUT2D eigenvalue weighted by atomic mass is 10.1. The van der Waals surface area contributed by atoms with E-state index in [2.05, 4.69) is 0 Å².